The number of nitrogens with one attached hydrogen (secondary N) is 1. The van der Waals surface area contributed by atoms with E-state index in [9.17, 15) is 4.79 Å². The van der Waals surface area contributed by atoms with Crippen molar-refractivity contribution in [2.45, 2.75) is 14.4 Å². The monoisotopic (exact) mass is 513 g/mol. The molecule has 0 aliphatic heterocycles. The number of aromatic nitrogens is 3. The molecule has 0 bridgehead atoms. The summed E-state index contributed by atoms with van der Waals surface area (Å²) in [7, 11) is 0. The zero-order chi connectivity index (χ0) is 21.1. The van der Waals surface area contributed by atoms with E-state index in [0.29, 0.717) is 26.6 Å². The molecule has 4 rings (SSSR count). The quantitative estimate of drug-likeness (QED) is 0.176. The van der Waals surface area contributed by atoms with Gasteiger partial charge in [0.2, 0.25) is 11.0 Å². The SMILES string of the molecule is Nc1ccc2nc(SCC(=O)Nc3nnc(SCc4ccc(Cl)c(Cl)c4)s3)sc2c1. The van der Waals surface area contributed by atoms with E-state index in [1.54, 1.807) is 6.07 Å². The molecular weight excluding hydrogens is 501 g/mol. The van der Waals surface area contributed by atoms with Crippen LogP contribution in [0.3, 0.4) is 0 Å². The average Bonchev–Trinajstić information content (AvgIpc) is 3.33. The molecule has 154 valence electrons. The molecule has 2 aromatic heterocycles. The van der Waals surface area contributed by atoms with Crippen molar-refractivity contribution >= 4 is 96.3 Å². The molecule has 4 aromatic rings. The Morgan fingerprint density at radius 2 is 1.90 bits per heavy atom. The summed E-state index contributed by atoms with van der Waals surface area (Å²) in [6, 6.07) is 11.1. The number of fused-ring (bicyclic) bond motifs is 1. The average molecular weight is 515 g/mol. The van der Waals surface area contributed by atoms with E-state index in [4.69, 9.17) is 28.9 Å². The minimum absolute atomic E-state index is 0.157. The maximum atomic E-state index is 12.2. The third kappa shape index (κ3) is 5.57. The number of hydrogen-bond acceptors (Lipinski definition) is 9. The van der Waals surface area contributed by atoms with Crippen LogP contribution in [0.5, 0.6) is 0 Å². The first kappa shape index (κ1) is 21.7. The van der Waals surface area contributed by atoms with E-state index in [1.807, 2.05) is 30.3 Å². The first-order chi connectivity index (χ1) is 14.5. The van der Waals surface area contributed by atoms with Gasteiger partial charge in [0.15, 0.2) is 8.68 Å². The van der Waals surface area contributed by atoms with Gasteiger partial charge >= 0.3 is 0 Å². The van der Waals surface area contributed by atoms with Crippen LogP contribution in [0.1, 0.15) is 5.56 Å². The van der Waals surface area contributed by atoms with Crippen molar-refractivity contribution in [1.82, 2.24) is 15.2 Å². The van der Waals surface area contributed by atoms with Gasteiger partial charge in [0.05, 0.1) is 26.0 Å². The van der Waals surface area contributed by atoms with E-state index >= 15 is 0 Å². The van der Waals surface area contributed by atoms with Crippen molar-refractivity contribution < 1.29 is 4.79 Å². The third-order valence-corrected chi connectivity index (χ3v) is 8.66. The van der Waals surface area contributed by atoms with Crippen LogP contribution in [0.25, 0.3) is 10.2 Å². The lowest BCUT2D eigenvalue weighted by Crippen LogP contribution is -2.13. The maximum Gasteiger partial charge on any atom is 0.236 e. The summed E-state index contributed by atoms with van der Waals surface area (Å²) < 4.78 is 2.58. The van der Waals surface area contributed by atoms with Crippen molar-refractivity contribution in [3.63, 3.8) is 0 Å². The normalized spacial score (nSPS) is 11.1. The summed E-state index contributed by atoms with van der Waals surface area (Å²) in [6.45, 7) is 0. The molecule has 0 spiro atoms. The summed E-state index contributed by atoms with van der Waals surface area (Å²) in [4.78, 5) is 16.7. The van der Waals surface area contributed by atoms with Gasteiger partial charge in [-0.2, -0.15) is 0 Å². The van der Waals surface area contributed by atoms with Crippen LogP contribution < -0.4 is 11.1 Å². The number of amides is 1. The van der Waals surface area contributed by atoms with Crippen LogP contribution in [0.4, 0.5) is 10.8 Å². The molecule has 0 fully saturated rings. The van der Waals surface area contributed by atoms with Crippen molar-refractivity contribution in [1.29, 1.82) is 0 Å². The standard InChI is InChI=1S/C18H13Cl2N5OS4/c19-11-3-1-9(5-12(11)20)7-27-18-25-24-16(30-18)23-15(26)8-28-17-22-13-4-2-10(21)6-14(13)29-17/h1-6H,7-8,21H2,(H,23,24,26). The van der Waals surface area contributed by atoms with Crippen LogP contribution in [0.2, 0.25) is 10.0 Å². The Labute approximate surface area is 198 Å². The Morgan fingerprint density at radius 1 is 1.03 bits per heavy atom. The molecule has 0 atom stereocenters. The Balaban J connectivity index is 1.28. The number of nitrogen functional groups attached to an aromatic ring is 1. The minimum Gasteiger partial charge on any atom is -0.399 e. The first-order valence-corrected chi connectivity index (χ1v) is 12.8. The molecule has 3 N–H and O–H groups in total. The van der Waals surface area contributed by atoms with Gasteiger partial charge in [-0.05, 0) is 35.9 Å². The van der Waals surface area contributed by atoms with Crippen molar-refractivity contribution in [2.75, 3.05) is 16.8 Å². The highest BCUT2D eigenvalue weighted by Gasteiger charge is 2.12. The van der Waals surface area contributed by atoms with Crippen LogP contribution in [0.15, 0.2) is 45.1 Å². The molecule has 30 heavy (non-hydrogen) atoms. The van der Waals surface area contributed by atoms with Crippen molar-refractivity contribution in [3.8, 4) is 0 Å². The minimum atomic E-state index is -0.157. The Bertz CT molecular complexity index is 1210. The van der Waals surface area contributed by atoms with Crippen LogP contribution in [-0.2, 0) is 10.5 Å². The van der Waals surface area contributed by atoms with Crippen molar-refractivity contribution in [2.24, 2.45) is 0 Å². The lowest BCUT2D eigenvalue weighted by atomic mass is 10.2. The molecular formula is C18H13Cl2N5OS4. The third-order valence-electron chi connectivity index (χ3n) is 3.72. The number of benzene rings is 2. The summed E-state index contributed by atoms with van der Waals surface area (Å²) in [5, 5.41) is 12.4. The number of thioether (sulfide) groups is 2. The lowest BCUT2D eigenvalue weighted by Gasteiger charge is -2.01. The Kier molecular flexibility index (Phi) is 7.01. The number of carbonyl (C=O) groups excluding carboxylic acids is 1. The molecule has 12 heteroatoms. The highest BCUT2D eigenvalue weighted by Crippen LogP contribution is 2.32. The molecule has 0 saturated carbocycles. The molecule has 6 nitrogen and oxygen atoms in total. The molecule has 0 radical (unpaired) electrons. The second-order valence-corrected chi connectivity index (χ2v) is 11.2. The first-order valence-electron chi connectivity index (χ1n) is 8.45. The molecule has 0 aliphatic carbocycles. The predicted molar refractivity (Wildman–Crippen MR) is 129 cm³/mol. The van der Waals surface area contributed by atoms with Gasteiger partial charge in [-0.3, -0.25) is 10.1 Å². The molecule has 2 aromatic carbocycles. The highest BCUT2D eigenvalue weighted by molar-refractivity contribution is 8.01. The topological polar surface area (TPSA) is 93.8 Å². The summed E-state index contributed by atoms with van der Waals surface area (Å²) >= 11 is 17.7. The number of nitrogens with zero attached hydrogens (tertiary/aromatic N) is 3. The van der Waals surface area contributed by atoms with Gasteiger partial charge < -0.3 is 5.73 Å². The Hall–Kier alpha value is -1.56. The summed E-state index contributed by atoms with van der Waals surface area (Å²) in [6.07, 6.45) is 0. The highest BCUT2D eigenvalue weighted by atomic mass is 35.5. The van der Waals surface area contributed by atoms with E-state index in [-0.39, 0.29) is 11.7 Å². The molecule has 2 heterocycles. The van der Waals surface area contributed by atoms with Gasteiger partial charge in [0.1, 0.15) is 0 Å². The fourth-order valence-corrected chi connectivity index (χ4v) is 6.31. The second kappa shape index (κ2) is 9.71. The van der Waals surface area contributed by atoms with Gasteiger partial charge in [0, 0.05) is 11.4 Å². The zero-order valence-corrected chi connectivity index (χ0v) is 19.9. The fraction of sp³-hybridized carbons (Fsp3) is 0.111. The second-order valence-electron chi connectivity index (χ2n) is 5.95. The molecule has 0 aliphatic rings. The number of rotatable bonds is 7. The summed E-state index contributed by atoms with van der Waals surface area (Å²) in [5.74, 6) is 0.758. The van der Waals surface area contributed by atoms with Crippen molar-refractivity contribution in [3.05, 3.63) is 52.0 Å². The summed E-state index contributed by atoms with van der Waals surface area (Å²) in [5.41, 5.74) is 8.40. The van der Waals surface area contributed by atoms with E-state index in [1.165, 1.54) is 46.2 Å². The number of nitrogens with two attached hydrogens (primary N) is 1. The molecule has 1 amide bonds. The predicted octanol–water partition coefficient (Wildman–Crippen LogP) is 6.06. The van der Waals surface area contributed by atoms with Crippen LogP contribution in [-0.4, -0.2) is 26.8 Å². The number of halogens is 2. The van der Waals surface area contributed by atoms with Gasteiger partial charge in [-0.1, -0.05) is 64.1 Å². The maximum absolute atomic E-state index is 12.2. The van der Waals surface area contributed by atoms with Gasteiger partial charge in [-0.25, -0.2) is 4.98 Å². The smallest absolute Gasteiger partial charge is 0.236 e. The van der Waals surface area contributed by atoms with Crippen LogP contribution in [0, 0.1) is 0 Å². The molecule has 0 saturated heterocycles. The lowest BCUT2D eigenvalue weighted by molar-refractivity contribution is -0.113. The number of hydrogen-bond donors (Lipinski definition) is 2. The number of thiazole rings is 1. The largest absolute Gasteiger partial charge is 0.399 e. The van der Waals surface area contributed by atoms with Gasteiger partial charge in [0.25, 0.3) is 0 Å². The number of anilines is 2. The zero-order valence-electron chi connectivity index (χ0n) is 15.1. The van der Waals surface area contributed by atoms with E-state index in [2.05, 4.69) is 20.5 Å². The van der Waals surface area contributed by atoms with Crippen LogP contribution >= 0.6 is 69.4 Å². The molecule has 0 unspecified atom stereocenters. The Morgan fingerprint density at radius 3 is 2.73 bits per heavy atom. The van der Waals surface area contributed by atoms with E-state index in [0.717, 1.165) is 24.5 Å². The van der Waals surface area contributed by atoms with E-state index < -0.39 is 0 Å². The van der Waals surface area contributed by atoms with Gasteiger partial charge in [-0.15, -0.1) is 21.5 Å². The number of carbonyl (C=O) groups is 1. The fourth-order valence-electron chi connectivity index (χ4n) is 2.36.